The number of fused-ring (bicyclic) bond motifs is 1. The van der Waals surface area contributed by atoms with Crippen LogP contribution in [0.1, 0.15) is 27.2 Å². The van der Waals surface area contributed by atoms with E-state index in [9.17, 15) is 4.57 Å². The monoisotopic (exact) mass is 504 g/mol. The molecule has 4 rings (SSSR count). The molecule has 0 bridgehead atoms. The van der Waals surface area contributed by atoms with Gasteiger partial charge in [0.05, 0.1) is 38.2 Å². The molecule has 3 N–H and O–H groups in total. The van der Waals surface area contributed by atoms with E-state index in [2.05, 4.69) is 33.9 Å². The second-order valence-electron chi connectivity index (χ2n) is 8.99. The molecule has 3 atom stereocenters. The minimum atomic E-state index is -3.51. The number of hydrogen-bond acceptors (Lipinski definition) is 9. The van der Waals surface area contributed by atoms with Crippen LogP contribution in [0.4, 0.5) is 5.82 Å². The Morgan fingerprint density at radius 3 is 2.63 bits per heavy atom. The van der Waals surface area contributed by atoms with Crippen molar-refractivity contribution < 1.29 is 23.3 Å². The largest absolute Gasteiger partial charge is 0.431 e. The predicted octanol–water partition coefficient (Wildman–Crippen LogP) is 3.42. The molecule has 1 aliphatic heterocycles. The molecular weight excluding hydrogens is 471 g/mol. The third kappa shape index (κ3) is 6.77. The number of imidazole rings is 1. The smallest absolute Gasteiger partial charge is 0.342 e. The molecular formula is C23H33N6O5P. The summed E-state index contributed by atoms with van der Waals surface area (Å²) >= 11 is 0. The first-order chi connectivity index (χ1) is 16.8. The molecule has 2 aromatic heterocycles. The number of anilines is 1. The minimum Gasteiger partial charge on any atom is -0.431 e. The Bertz CT molecular complexity index is 1140. The van der Waals surface area contributed by atoms with E-state index in [1.54, 1.807) is 18.5 Å². The number of para-hydroxylation sites is 1. The summed E-state index contributed by atoms with van der Waals surface area (Å²) in [4.78, 5) is 12.5. The number of ether oxygens (including phenoxy) is 3. The molecule has 0 spiro atoms. The lowest BCUT2D eigenvalue weighted by Gasteiger charge is -2.30. The summed E-state index contributed by atoms with van der Waals surface area (Å²) in [6.07, 6.45) is 2.78. The number of benzene rings is 1. The Morgan fingerprint density at radius 2 is 1.91 bits per heavy atom. The first-order valence-corrected chi connectivity index (χ1v) is 13.5. The van der Waals surface area contributed by atoms with Gasteiger partial charge in [0, 0.05) is 0 Å². The molecule has 0 aliphatic carbocycles. The van der Waals surface area contributed by atoms with E-state index in [0.29, 0.717) is 54.8 Å². The number of nitrogens with one attached hydrogen (secondary N) is 1. The van der Waals surface area contributed by atoms with Crippen LogP contribution in [0.25, 0.3) is 11.2 Å². The van der Waals surface area contributed by atoms with Crippen molar-refractivity contribution in [1.82, 2.24) is 24.6 Å². The second kappa shape index (κ2) is 11.5. The molecule has 1 fully saturated rings. The number of aromatic nitrogens is 4. The van der Waals surface area contributed by atoms with Gasteiger partial charge in [-0.25, -0.2) is 20.0 Å². The van der Waals surface area contributed by atoms with E-state index >= 15 is 0 Å². The molecule has 3 aromatic rings. The van der Waals surface area contributed by atoms with Crippen LogP contribution in [-0.2, 0) is 25.3 Å². The molecule has 1 unspecified atom stereocenters. The molecule has 1 aliphatic rings. The average molecular weight is 505 g/mol. The van der Waals surface area contributed by atoms with Gasteiger partial charge in [0.1, 0.15) is 23.9 Å². The fraction of sp³-hybridized carbons (Fsp3) is 0.522. The molecule has 1 aromatic carbocycles. The zero-order valence-corrected chi connectivity index (χ0v) is 21.1. The molecule has 11 nitrogen and oxygen atoms in total. The van der Waals surface area contributed by atoms with Gasteiger partial charge in [-0.3, -0.25) is 4.57 Å². The fourth-order valence-corrected chi connectivity index (χ4v) is 5.75. The SMILES string of the molecule is CC(C)C[C@H](NP(=O)(CO[C@H](C)Cn1cnc2c(N)ncnc21)Oc1ccccc1)C1OCCO1. The molecule has 190 valence electrons. The average Bonchev–Trinajstić information content (AvgIpc) is 3.49. The maximum absolute atomic E-state index is 14.1. The van der Waals surface area contributed by atoms with Gasteiger partial charge >= 0.3 is 7.52 Å². The molecule has 0 saturated carbocycles. The summed E-state index contributed by atoms with van der Waals surface area (Å²) < 4.78 is 39.4. The van der Waals surface area contributed by atoms with Crippen LogP contribution in [0.5, 0.6) is 5.75 Å². The van der Waals surface area contributed by atoms with E-state index in [0.717, 1.165) is 0 Å². The van der Waals surface area contributed by atoms with Crippen molar-refractivity contribution in [1.29, 1.82) is 0 Å². The zero-order chi connectivity index (χ0) is 24.8. The quantitative estimate of drug-likeness (QED) is 0.353. The molecule has 0 amide bonds. The topological polar surface area (TPSA) is 136 Å². The lowest BCUT2D eigenvalue weighted by molar-refractivity contribution is -0.0671. The standard InChI is InChI=1S/C23H33N6O5P/c1-16(2)11-19(23-31-9-10-32-23)28-35(30,34-18-7-5-4-6-8-18)15-33-17(3)12-29-14-27-20-21(24)25-13-26-22(20)29/h4-8,13-14,16-17,19,23H,9-12,15H2,1-3H3,(H,28,30)(H2,24,25,26)/t17-,19+,35?/m1/s1. The number of nitrogens with zero attached hydrogens (tertiary/aromatic N) is 4. The highest BCUT2D eigenvalue weighted by molar-refractivity contribution is 7.57. The maximum Gasteiger partial charge on any atom is 0.342 e. The van der Waals surface area contributed by atoms with Crippen LogP contribution in [0, 0.1) is 5.92 Å². The lowest BCUT2D eigenvalue weighted by atomic mass is 10.0. The van der Waals surface area contributed by atoms with E-state index in [4.69, 9.17) is 24.5 Å². The number of hydrogen-bond donors (Lipinski definition) is 2. The molecule has 1 saturated heterocycles. The molecule has 0 radical (unpaired) electrons. The van der Waals surface area contributed by atoms with Crippen molar-refractivity contribution in [3.63, 3.8) is 0 Å². The maximum atomic E-state index is 14.1. The van der Waals surface area contributed by atoms with Crippen molar-refractivity contribution in [2.45, 2.75) is 52.2 Å². The van der Waals surface area contributed by atoms with Crippen molar-refractivity contribution >= 4 is 24.5 Å². The van der Waals surface area contributed by atoms with Crippen LogP contribution < -0.4 is 15.3 Å². The van der Waals surface area contributed by atoms with Crippen LogP contribution in [0.2, 0.25) is 0 Å². The fourth-order valence-electron chi connectivity index (χ4n) is 3.92. The van der Waals surface area contributed by atoms with Crippen molar-refractivity contribution in [3.05, 3.63) is 43.0 Å². The third-order valence-electron chi connectivity index (χ3n) is 5.47. The van der Waals surface area contributed by atoms with Crippen LogP contribution >= 0.6 is 7.52 Å². The Balaban J connectivity index is 1.48. The Kier molecular flexibility index (Phi) is 8.35. The van der Waals surface area contributed by atoms with Gasteiger partial charge in [0.15, 0.2) is 17.8 Å². The number of rotatable bonds is 12. The van der Waals surface area contributed by atoms with Crippen LogP contribution in [0.3, 0.4) is 0 Å². The second-order valence-corrected chi connectivity index (χ2v) is 11.0. The Morgan fingerprint density at radius 1 is 1.17 bits per heavy atom. The van der Waals surface area contributed by atoms with Gasteiger partial charge in [-0.1, -0.05) is 32.0 Å². The van der Waals surface area contributed by atoms with E-state index in [1.165, 1.54) is 6.33 Å². The zero-order valence-electron chi connectivity index (χ0n) is 20.2. The summed E-state index contributed by atoms with van der Waals surface area (Å²) in [6, 6.07) is 8.74. The third-order valence-corrected chi connectivity index (χ3v) is 7.19. The van der Waals surface area contributed by atoms with Crippen molar-refractivity contribution in [2.24, 2.45) is 5.92 Å². The van der Waals surface area contributed by atoms with E-state index in [1.807, 2.05) is 29.7 Å². The van der Waals surface area contributed by atoms with E-state index in [-0.39, 0.29) is 18.5 Å². The molecule has 3 heterocycles. The highest BCUT2D eigenvalue weighted by atomic mass is 31.2. The van der Waals surface area contributed by atoms with Gasteiger partial charge in [0.2, 0.25) is 0 Å². The van der Waals surface area contributed by atoms with Crippen LogP contribution in [-0.4, -0.2) is 57.5 Å². The van der Waals surface area contributed by atoms with Gasteiger partial charge in [-0.2, -0.15) is 0 Å². The van der Waals surface area contributed by atoms with Gasteiger partial charge in [0.25, 0.3) is 0 Å². The van der Waals surface area contributed by atoms with E-state index < -0.39 is 13.8 Å². The number of nitrogens with two attached hydrogens (primary N) is 1. The normalized spacial score (nSPS) is 18.1. The summed E-state index contributed by atoms with van der Waals surface area (Å²) in [7, 11) is -3.51. The van der Waals surface area contributed by atoms with Gasteiger partial charge in [-0.05, 0) is 31.4 Å². The Hall–Kier alpha value is -2.56. The van der Waals surface area contributed by atoms with Crippen molar-refractivity contribution in [3.8, 4) is 5.75 Å². The Labute approximate surface area is 204 Å². The first-order valence-electron chi connectivity index (χ1n) is 11.7. The number of nitrogen functional groups attached to an aromatic ring is 1. The minimum absolute atomic E-state index is 0.145. The molecule has 35 heavy (non-hydrogen) atoms. The predicted molar refractivity (Wildman–Crippen MR) is 132 cm³/mol. The summed E-state index contributed by atoms with van der Waals surface area (Å²) in [5.74, 6) is 1.14. The summed E-state index contributed by atoms with van der Waals surface area (Å²) in [6.45, 7) is 7.52. The van der Waals surface area contributed by atoms with Crippen LogP contribution in [0.15, 0.2) is 43.0 Å². The molecule has 12 heteroatoms. The summed E-state index contributed by atoms with van der Waals surface area (Å²) in [5, 5.41) is 3.21. The van der Waals surface area contributed by atoms with Gasteiger partial charge < -0.3 is 29.0 Å². The highest BCUT2D eigenvalue weighted by Crippen LogP contribution is 2.45. The van der Waals surface area contributed by atoms with Crippen molar-refractivity contribution in [2.75, 3.05) is 25.3 Å². The highest BCUT2D eigenvalue weighted by Gasteiger charge is 2.36. The lowest BCUT2D eigenvalue weighted by Crippen LogP contribution is -2.41. The summed E-state index contributed by atoms with van der Waals surface area (Å²) in [5.41, 5.74) is 7.03. The van der Waals surface area contributed by atoms with Gasteiger partial charge in [-0.15, -0.1) is 0 Å². The first kappa shape index (κ1) is 25.5.